The first-order valence-corrected chi connectivity index (χ1v) is 8.98. The Kier molecular flexibility index (Phi) is 5.20. The Bertz CT molecular complexity index is 935. The second-order valence-electron chi connectivity index (χ2n) is 6.28. The van der Waals surface area contributed by atoms with E-state index < -0.39 is 11.9 Å². The SMILES string of the molecule is Cc1cccnc1CN(O)c1ncc(-c2cc(C(F)(F)F)nn2C(C)C)s1. The molecule has 3 rings (SSSR count). The molecular weight excluding hydrogens is 379 g/mol. The molecule has 27 heavy (non-hydrogen) atoms. The lowest BCUT2D eigenvalue weighted by molar-refractivity contribution is -0.141. The first-order valence-electron chi connectivity index (χ1n) is 8.16. The quantitative estimate of drug-likeness (QED) is 0.632. The minimum atomic E-state index is -4.53. The second kappa shape index (κ2) is 7.28. The Morgan fingerprint density at radius 1 is 1.30 bits per heavy atom. The molecule has 0 amide bonds. The van der Waals surface area contributed by atoms with Crippen LogP contribution in [0.2, 0.25) is 0 Å². The maximum Gasteiger partial charge on any atom is 0.435 e. The summed E-state index contributed by atoms with van der Waals surface area (Å²) >= 11 is 1.08. The molecule has 0 saturated carbocycles. The molecule has 6 nitrogen and oxygen atoms in total. The number of aryl methyl sites for hydroxylation is 1. The maximum absolute atomic E-state index is 13.0. The van der Waals surface area contributed by atoms with Gasteiger partial charge in [-0.3, -0.25) is 14.9 Å². The van der Waals surface area contributed by atoms with Crippen molar-refractivity contribution in [2.24, 2.45) is 0 Å². The van der Waals surface area contributed by atoms with Crippen molar-refractivity contribution < 1.29 is 18.4 Å². The minimum Gasteiger partial charge on any atom is -0.286 e. The van der Waals surface area contributed by atoms with Crippen LogP contribution < -0.4 is 5.06 Å². The monoisotopic (exact) mass is 397 g/mol. The lowest BCUT2D eigenvalue weighted by Crippen LogP contribution is -2.18. The van der Waals surface area contributed by atoms with Crippen LogP contribution in [-0.4, -0.2) is 25.0 Å². The highest BCUT2D eigenvalue weighted by molar-refractivity contribution is 7.18. The van der Waals surface area contributed by atoms with Crippen molar-refractivity contribution >= 4 is 16.5 Å². The van der Waals surface area contributed by atoms with E-state index in [1.807, 2.05) is 13.0 Å². The van der Waals surface area contributed by atoms with E-state index in [4.69, 9.17) is 0 Å². The van der Waals surface area contributed by atoms with E-state index in [1.165, 1.54) is 10.9 Å². The summed E-state index contributed by atoms with van der Waals surface area (Å²) in [5.41, 5.74) is 0.957. The van der Waals surface area contributed by atoms with Gasteiger partial charge in [-0.1, -0.05) is 17.4 Å². The van der Waals surface area contributed by atoms with Gasteiger partial charge in [0.05, 0.1) is 22.8 Å². The highest BCUT2D eigenvalue weighted by atomic mass is 32.1. The maximum atomic E-state index is 13.0. The minimum absolute atomic E-state index is 0.122. The van der Waals surface area contributed by atoms with Crippen LogP contribution in [0.4, 0.5) is 18.3 Å². The number of rotatable bonds is 5. The largest absolute Gasteiger partial charge is 0.435 e. The molecule has 1 N–H and O–H groups in total. The van der Waals surface area contributed by atoms with Crippen LogP contribution in [-0.2, 0) is 12.7 Å². The number of pyridine rings is 1. The van der Waals surface area contributed by atoms with Crippen LogP contribution in [0.25, 0.3) is 10.6 Å². The van der Waals surface area contributed by atoms with Crippen molar-refractivity contribution in [2.75, 3.05) is 5.06 Å². The normalized spacial score (nSPS) is 12.0. The van der Waals surface area contributed by atoms with Gasteiger partial charge in [0.15, 0.2) is 5.69 Å². The summed E-state index contributed by atoms with van der Waals surface area (Å²) in [4.78, 5) is 8.83. The van der Waals surface area contributed by atoms with E-state index in [0.717, 1.165) is 28.0 Å². The molecule has 3 aromatic rings. The van der Waals surface area contributed by atoms with Gasteiger partial charge in [0.2, 0.25) is 5.13 Å². The summed E-state index contributed by atoms with van der Waals surface area (Å²) in [7, 11) is 0. The van der Waals surface area contributed by atoms with E-state index in [9.17, 15) is 18.4 Å². The highest BCUT2D eigenvalue weighted by Crippen LogP contribution is 2.36. The van der Waals surface area contributed by atoms with Gasteiger partial charge in [-0.15, -0.1) is 0 Å². The van der Waals surface area contributed by atoms with Crippen molar-refractivity contribution in [1.82, 2.24) is 19.7 Å². The number of aromatic nitrogens is 4. The smallest absolute Gasteiger partial charge is 0.286 e. The second-order valence-corrected chi connectivity index (χ2v) is 7.29. The molecule has 0 fully saturated rings. The van der Waals surface area contributed by atoms with Crippen LogP contribution in [0.1, 0.15) is 36.8 Å². The molecule has 3 aromatic heterocycles. The van der Waals surface area contributed by atoms with E-state index >= 15 is 0 Å². The number of hydrogen-bond donors (Lipinski definition) is 1. The number of hydroxylamine groups is 1. The van der Waals surface area contributed by atoms with E-state index in [2.05, 4.69) is 15.1 Å². The van der Waals surface area contributed by atoms with Gasteiger partial charge in [-0.2, -0.15) is 18.3 Å². The first-order chi connectivity index (χ1) is 12.7. The molecule has 0 saturated heterocycles. The Labute approximate surface area is 157 Å². The summed E-state index contributed by atoms with van der Waals surface area (Å²) in [6.45, 7) is 5.50. The summed E-state index contributed by atoms with van der Waals surface area (Å²) in [5.74, 6) is 0. The van der Waals surface area contributed by atoms with E-state index in [-0.39, 0.29) is 17.7 Å². The van der Waals surface area contributed by atoms with Crippen molar-refractivity contribution in [3.8, 4) is 10.6 Å². The van der Waals surface area contributed by atoms with Gasteiger partial charge >= 0.3 is 6.18 Å². The summed E-state index contributed by atoms with van der Waals surface area (Å²) in [6, 6.07) is 4.42. The van der Waals surface area contributed by atoms with Crippen LogP contribution in [0, 0.1) is 6.92 Å². The average molecular weight is 397 g/mol. The Morgan fingerprint density at radius 3 is 2.67 bits per heavy atom. The lowest BCUT2D eigenvalue weighted by atomic mass is 10.2. The van der Waals surface area contributed by atoms with Crippen molar-refractivity contribution in [2.45, 2.75) is 39.5 Å². The summed E-state index contributed by atoms with van der Waals surface area (Å²) in [6.07, 6.45) is -1.46. The molecule has 0 unspecified atom stereocenters. The van der Waals surface area contributed by atoms with Crippen LogP contribution >= 0.6 is 11.3 Å². The van der Waals surface area contributed by atoms with Gasteiger partial charge in [-0.05, 0) is 38.5 Å². The van der Waals surface area contributed by atoms with Crippen molar-refractivity contribution in [1.29, 1.82) is 0 Å². The molecule has 0 bridgehead atoms. The number of nitrogens with zero attached hydrogens (tertiary/aromatic N) is 5. The molecular formula is C17H18F3N5OS. The zero-order valence-electron chi connectivity index (χ0n) is 14.9. The molecule has 0 atom stereocenters. The number of anilines is 1. The fourth-order valence-electron chi connectivity index (χ4n) is 2.51. The standard InChI is InChI=1S/C17H18F3N5OS/c1-10(2)25-13(7-15(23-25)17(18,19)20)14-8-22-16(27-14)24(26)9-12-11(3)5-4-6-21-12/h4-8,10,26H,9H2,1-3H3. The molecule has 0 aromatic carbocycles. The highest BCUT2D eigenvalue weighted by Gasteiger charge is 2.35. The number of halogens is 3. The molecule has 144 valence electrons. The van der Waals surface area contributed by atoms with Crippen LogP contribution in [0.15, 0.2) is 30.6 Å². The zero-order chi connectivity index (χ0) is 19.8. The van der Waals surface area contributed by atoms with Gasteiger partial charge in [0, 0.05) is 18.4 Å². The topological polar surface area (TPSA) is 67.1 Å². The fraction of sp³-hybridized carbons (Fsp3) is 0.353. The van der Waals surface area contributed by atoms with Gasteiger partial charge < -0.3 is 0 Å². The molecule has 0 spiro atoms. The zero-order valence-corrected chi connectivity index (χ0v) is 15.7. The van der Waals surface area contributed by atoms with Crippen LogP contribution in [0.5, 0.6) is 0 Å². The summed E-state index contributed by atoms with van der Waals surface area (Å²) < 4.78 is 40.4. The van der Waals surface area contributed by atoms with Crippen LogP contribution in [0.3, 0.4) is 0 Å². The fourth-order valence-corrected chi connectivity index (χ4v) is 3.34. The Hall–Kier alpha value is -2.46. The summed E-state index contributed by atoms with van der Waals surface area (Å²) in [5, 5.41) is 15.2. The van der Waals surface area contributed by atoms with Crippen molar-refractivity contribution in [3.63, 3.8) is 0 Å². The number of thiazole rings is 1. The lowest BCUT2D eigenvalue weighted by Gasteiger charge is -2.14. The predicted octanol–water partition coefficient (Wildman–Crippen LogP) is 4.71. The third-order valence-electron chi connectivity index (χ3n) is 3.90. The molecule has 3 heterocycles. The third-order valence-corrected chi connectivity index (χ3v) is 4.93. The number of hydrogen-bond acceptors (Lipinski definition) is 6. The van der Waals surface area contributed by atoms with Crippen molar-refractivity contribution in [3.05, 3.63) is 47.5 Å². The first kappa shape index (κ1) is 19.3. The predicted molar refractivity (Wildman–Crippen MR) is 95.7 cm³/mol. The van der Waals surface area contributed by atoms with E-state index in [0.29, 0.717) is 16.3 Å². The molecule has 0 aliphatic rings. The molecule has 0 aliphatic heterocycles. The van der Waals surface area contributed by atoms with Gasteiger partial charge in [-0.25, -0.2) is 10.0 Å². The Morgan fingerprint density at radius 2 is 2.04 bits per heavy atom. The number of alkyl halides is 3. The van der Waals surface area contributed by atoms with E-state index in [1.54, 1.807) is 26.1 Å². The van der Waals surface area contributed by atoms with Gasteiger partial charge in [0.1, 0.15) is 0 Å². The molecule has 0 aliphatic carbocycles. The average Bonchev–Trinajstić information content (AvgIpc) is 3.23. The van der Waals surface area contributed by atoms with Gasteiger partial charge in [0.25, 0.3) is 0 Å². The Balaban J connectivity index is 1.89. The molecule has 0 radical (unpaired) electrons. The molecule has 10 heteroatoms. The third kappa shape index (κ3) is 4.11.